The van der Waals surface area contributed by atoms with Crippen LogP contribution < -0.4 is 4.90 Å². The number of fused-ring (bicyclic) bond motifs is 4. The van der Waals surface area contributed by atoms with Gasteiger partial charge >= 0.3 is 0 Å². The summed E-state index contributed by atoms with van der Waals surface area (Å²) in [5, 5.41) is 4.52. The number of hydrogen-bond donors (Lipinski definition) is 0. The summed E-state index contributed by atoms with van der Waals surface area (Å²) < 4.78 is 6.47. The van der Waals surface area contributed by atoms with E-state index in [1.807, 2.05) is 66.7 Å². The van der Waals surface area contributed by atoms with Crippen molar-refractivity contribution in [2.24, 2.45) is 0 Å². The molecule has 0 N–H and O–H groups in total. The molecule has 0 bridgehead atoms. The Bertz CT molecular complexity index is 2880. The van der Waals surface area contributed by atoms with E-state index in [1.165, 1.54) is 10.8 Å². The van der Waals surface area contributed by atoms with Crippen molar-refractivity contribution in [1.29, 1.82) is 0 Å². The highest BCUT2D eigenvalue weighted by Crippen LogP contribution is 2.39. The summed E-state index contributed by atoms with van der Waals surface area (Å²) in [5.74, 6) is 1.85. The predicted molar refractivity (Wildman–Crippen MR) is 221 cm³/mol. The molecule has 0 radical (unpaired) electrons. The van der Waals surface area contributed by atoms with E-state index in [4.69, 9.17) is 19.4 Å². The molecule has 0 aliphatic heterocycles. The molecule has 254 valence electrons. The second kappa shape index (κ2) is 13.3. The van der Waals surface area contributed by atoms with E-state index in [9.17, 15) is 0 Å². The van der Waals surface area contributed by atoms with Gasteiger partial charge in [0.15, 0.2) is 17.5 Å². The molecule has 0 saturated carbocycles. The third-order valence-corrected chi connectivity index (χ3v) is 9.87. The summed E-state index contributed by atoms with van der Waals surface area (Å²) in [6.07, 6.45) is 0. The summed E-state index contributed by atoms with van der Waals surface area (Å²) >= 11 is 0. The molecule has 2 aromatic heterocycles. The van der Waals surface area contributed by atoms with E-state index in [2.05, 4.69) is 132 Å². The lowest BCUT2D eigenvalue weighted by atomic mass is 10.0. The van der Waals surface area contributed by atoms with Gasteiger partial charge in [-0.05, 0) is 82.6 Å². The number of anilines is 3. The van der Waals surface area contributed by atoms with Crippen molar-refractivity contribution in [3.8, 4) is 45.3 Å². The van der Waals surface area contributed by atoms with E-state index in [0.717, 1.165) is 66.8 Å². The minimum Gasteiger partial charge on any atom is -0.456 e. The first kappa shape index (κ1) is 31.4. The normalized spacial score (nSPS) is 11.3. The summed E-state index contributed by atoms with van der Waals surface area (Å²) in [4.78, 5) is 17.0. The van der Waals surface area contributed by atoms with Crippen molar-refractivity contribution in [1.82, 2.24) is 15.0 Å². The highest BCUT2D eigenvalue weighted by molar-refractivity contribution is 6.07. The van der Waals surface area contributed by atoms with Crippen molar-refractivity contribution in [3.05, 3.63) is 194 Å². The molecular weight excluding hydrogens is 661 g/mol. The summed E-state index contributed by atoms with van der Waals surface area (Å²) in [6.45, 7) is 0. The Morgan fingerprint density at radius 1 is 0.315 bits per heavy atom. The van der Waals surface area contributed by atoms with Gasteiger partial charge in [0.25, 0.3) is 0 Å². The van der Waals surface area contributed by atoms with Gasteiger partial charge < -0.3 is 9.32 Å². The Morgan fingerprint density at radius 3 is 1.59 bits per heavy atom. The average Bonchev–Trinajstić information content (AvgIpc) is 3.62. The van der Waals surface area contributed by atoms with Crippen LogP contribution in [0.25, 0.3) is 78.0 Å². The maximum atomic E-state index is 6.47. The van der Waals surface area contributed by atoms with Gasteiger partial charge in [-0.1, -0.05) is 133 Å². The van der Waals surface area contributed by atoms with Crippen LogP contribution in [0.3, 0.4) is 0 Å². The van der Waals surface area contributed by atoms with Crippen LogP contribution >= 0.6 is 0 Å². The van der Waals surface area contributed by atoms with Crippen LogP contribution in [0.1, 0.15) is 0 Å². The quantitative estimate of drug-likeness (QED) is 0.166. The fraction of sp³-hybridized carbons (Fsp3) is 0. The molecule has 0 fully saturated rings. The van der Waals surface area contributed by atoms with Gasteiger partial charge in [-0.15, -0.1) is 0 Å². The number of para-hydroxylation sites is 1. The Kier molecular flexibility index (Phi) is 7.73. The van der Waals surface area contributed by atoms with Crippen LogP contribution in [-0.4, -0.2) is 15.0 Å². The third-order valence-electron chi connectivity index (χ3n) is 9.87. The molecule has 10 rings (SSSR count). The van der Waals surface area contributed by atoms with Crippen LogP contribution in [0.5, 0.6) is 0 Å². The summed E-state index contributed by atoms with van der Waals surface area (Å²) in [6, 6.07) is 67.1. The Labute approximate surface area is 312 Å². The molecule has 54 heavy (non-hydrogen) atoms. The van der Waals surface area contributed by atoms with E-state index < -0.39 is 0 Å². The van der Waals surface area contributed by atoms with Gasteiger partial charge in [-0.25, -0.2) is 15.0 Å². The monoisotopic (exact) mass is 692 g/mol. The number of hydrogen-bond acceptors (Lipinski definition) is 5. The van der Waals surface area contributed by atoms with Gasteiger partial charge in [0.2, 0.25) is 0 Å². The predicted octanol–water partition coefficient (Wildman–Crippen LogP) is 13.1. The molecule has 0 amide bonds. The third kappa shape index (κ3) is 5.84. The molecule has 0 saturated heterocycles. The second-order valence-electron chi connectivity index (χ2n) is 13.3. The van der Waals surface area contributed by atoms with E-state index in [-0.39, 0.29) is 0 Å². The molecule has 2 heterocycles. The molecule has 0 atom stereocenters. The zero-order chi connectivity index (χ0) is 35.8. The SMILES string of the molecule is c1ccc(-c2nc(-c3ccccc3)nc(-c3ccc4c(c3)oc3ccc(-c5cccc(N(c6ccccc6)c6ccc7ccccc7c6)c5)cc34)n2)cc1. The number of benzene rings is 8. The smallest absolute Gasteiger partial charge is 0.164 e. The number of aromatic nitrogens is 3. The zero-order valence-corrected chi connectivity index (χ0v) is 29.2. The second-order valence-corrected chi connectivity index (χ2v) is 13.3. The van der Waals surface area contributed by atoms with Crippen molar-refractivity contribution in [2.75, 3.05) is 4.90 Å². The first-order chi connectivity index (χ1) is 26.7. The molecule has 8 aromatic carbocycles. The molecular formula is C49H32N4O. The molecule has 10 aromatic rings. The minimum atomic E-state index is 0.594. The van der Waals surface area contributed by atoms with Gasteiger partial charge in [-0.2, -0.15) is 0 Å². The zero-order valence-electron chi connectivity index (χ0n) is 29.2. The van der Waals surface area contributed by atoms with Crippen molar-refractivity contribution >= 4 is 49.8 Å². The summed E-state index contributed by atoms with van der Waals surface area (Å²) in [5.41, 5.74) is 9.86. The van der Waals surface area contributed by atoms with Crippen molar-refractivity contribution < 1.29 is 4.42 Å². The topological polar surface area (TPSA) is 55.1 Å². The number of rotatable bonds is 7. The molecule has 0 aliphatic carbocycles. The highest BCUT2D eigenvalue weighted by atomic mass is 16.3. The largest absolute Gasteiger partial charge is 0.456 e. The molecule has 5 heteroatoms. The van der Waals surface area contributed by atoms with Gasteiger partial charge in [-0.3, -0.25) is 0 Å². The standard InChI is InChI=1S/C49H32N4O/c1-4-14-34(15-5-1)47-50-48(35-16-6-2-7-17-35)52-49(51-47)39-24-27-43-44-31-38(25-28-45(44)54-46(43)32-39)37-19-12-22-41(30-37)53(40-20-8-3-9-21-40)42-26-23-33-13-10-11-18-36(33)29-42/h1-32H. The lowest BCUT2D eigenvalue weighted by Gasteiger charge is -2.26. The molecule has 0 unspecified atom stereocenters. The molecule has 0 spiro atoms. The van der Waals surface area contributed by atoms with Crippen LogP contribution in [-0.2, 0) is 0 Å². The van der Waals surface area contributed by atoms with Gasteiger partial charge in [0, 0.05) is 44.5 Å². The first-order valence-electron chi connectivity index (χ1n) is 18.0. The number of nitrogens with zero attached hydrogens (tertiary/aromatic N) is 4. The maximum Gasteiger partial charge on any atom is 0.164 e. The Hall–Kier alpha value is -7.37. The van der Waals surface area contributed by atoms with E-state index in [1.54, 1.807) is 0 Å². The van der Waals surface area contributed by atoms with Gasteiger partial charge in [0.05, 0.1) is 0 Å². The van der Waals surface area contributed by atoms with Crippen LogP contribution in [0, 0.1) is 0 Å². The lowest BCUT2D eigenvalue weighted by molar-refractivity contribution is 0.669. The van der Waals surface area contributed by atoms with Crippen molar-refractivity contribution in [3.63, 3.8) is 0 Å². The van der Waals surface area contributed by atoms with Crippen LogP contribution in [0.2, 0.25) is 0 Å². The average molecular weight is 693 g/mol. The van der Waals surface area contributed by atoms with Crippen LogP contribution in [0.4, 0.5) is 17.1 Å². The Morgan fingerprint density at radius 2 is 0.870 bits per heavy atom. The highest BCUT2D eigenvalue weighted by Gasteiger charge is 2.17. The van der Waals surface area contributed by atoms with E-state index in [0.29, 0.717) is 17.5 Å². The fourth-order valence-corrected chi connectivity index (χ4v) is 7.20. The Balaban J connectivity index is 1.04. The van der Waals surface area contributed by atoms with E-state index >= 15 is 0 Å². The van der Waals surface area contributed by atoms with Crippen LogP contribution in [0.15, 0.2) is 199 Å². The minimum absolute atomic E-state index is 0.594. The fourth-order valence-electron chi connectivity index (χ4n) is 7.20. The summed E-state index contributed by atoms with van der Waals surface area (Å²) in [7, 11) is 0. The lowest BCUT2D eigenvalue weighted by Crippen LogP contribution is -2.09. The van der Waals surface area contributed by atoms with Gasteiger partial charge in [0.1, 0.15) is 11.2 Å². The molecule has 5 nitrogen and oxygen atoms in total. The first-order valence-corrected chi connectivity index (χ1v) is 18.0. The molecule has 0 aliphatic rings. The van der Waals surface area contributed by atoms with Crippen molar-refractivity contribution in [2.45, 2.75) is 0 Å². The maximum absolute atomic E-state index is 6.47. The number of furan rings is 1.